The van der Waals surface area contributed by atoms with Crippen LogP contribution in [0.4, 0.5) is 14.6 Å². The van der Waals surface area contributed by atoms with Gasteiger partial charge in [0.05, 0.1) is 27.6 Å². The predicted octanol–water partition coefficient (Wildman–Crippen LogP) is 4.21. The van der Waals surface area contributed by atoms with Crippen molar-refractivity contribution in [2.75, 3.05) is 12.3 Å². The Morgan fingerprint density at radius 3 is 2.41 bits per heavy atom. The smallest absolute Gasteiger partial charge is 0.270 e. The molecule has 9 nitrogen and oxygen atoms in total. The van der Waals surface area contributed by atoms with Gasteiger partial charge >= 0.3 is 0 Å². The molecule has 0 spiro atoms. The highest BCUT2D eigenvalue weighted by atomic mass is 32.2. The first kappa shape index (κ1) is 26.3. The van der Waals surface area contributed by atoms with Gasteiger partial charge in [-0.05, 0) is 50.6 Å². The van der Waals surface area contributed by atoms with E-state index in [1.165, 1.54) is 37.4 Å². The summed E-state index contributed by atoms with van der Waals surface area (Å²) in [5, 5.41) is 10.2. The molecule has 4 rings (SSSR count). The Bertz CT molecular complexity index is 1510. The summed E-state index contributed by atoms with van der Waals surface area (Å²) in [4.78, 5) is 8.82. The molecule has 0 radical (unpaired) electrons. The molecular formula is C25H26F2N6O3S. The number of halogens is 2. The van der Waals surface area contributed by atoms with Crippen molar-refractivity contribution in [2.24, 2.45) is 0 Å². The second kappa shape index (κ2) is 10.7. The maximum absolute atomic E-state index is 14.7. The average Bonchev–Trinajstić information content (AvgIpc) is 3.34. The van der Waals surface area contributed by atoms with E-state index in [2.05, 4.69) is 25.5 Å². The Labute approximate surface area is 213 Å². The van der Waals surface area contributed by atoms with E-state index in [1.807, 2.05) is 0 Å². The molecule has 0 saturated carbocycles. The van der Waals surface area contributed by atoms with Gasteiger partial charge in [0.1, 0.15) is 12.0 Å². The number of hydrogen-bond donors (Lipinski definition) is 2. The van der Waals surface area contributed by atoms with E-state index in [9.17, 15) is 17.2 Å². The molecule has 12 heteroatoms. The molecule has 2 aromatic carbocycles. The van der Waals surface area contributed by atoms with Crippen molar-refractivity contribution < 1.29 is 21.6 Å². The number of anilines is 1. The minimum absolute atomic E-state index is 0.0296. The summed E-state index contributed by atoms with van der Waals surface area (Å²) in [5.74, 6) is -0.670. The number of sulfone groups is 1. The van der Waals surface area contributed by atoms with E-state index in [-0.39, 0.29) is 40.3 Å². The minimum Gasteiger partial charge on any atom is -0.414 e. The quantitative estimate of drug-likeness (QED) is 0.327. The summed E-state index contributed by atoms with van der Waals surface area (Å²) in [5.41, 5.74) is 7.83. The number of hydrogen-bond acceptors (Lipinski definition) is 9. The lowest BCUT2D eigenvalue weighted by Crippen LogP contribution is -2.21. The molecule has 0 aliphatic rings. The van der Waals surface area contributed by atoms with Crippen LogP contribution < -0.4 is 11.1 Å². The molecule has 37 heavy (non-hydrogen) atoms. The molecule has 0 amide bonds. The van der Waals surface area contributed by atoms with Gasteiger partial charge in [-0.2, -0.15) is 0 Å². The molecule has 0 fully saturated rings. The molecule has 0 aliphatic heterocycles. The van der Waals surface area contributed by atoms with E-state index >= 15 is 0 Å². The van der Waals surface area contributed by atoms with E-state index < -0.39 is 27.1 Å². The first-order valence-electron chi connectivity index (χ1n) is 11.5. The number of rotatable bonds is 9. The van der Waals surface area contributed by atoms with Gasteiger partial charge in [-0.3, -0.25) is 0 Å². The third-order valence-corrected chi connectivity index (χ3v) is 7.72. The molecular weight excluding hydrogens is 502 g/mol. The van der Waals surface area contributed by atoms with Crippen LogP contribution in [0.2, 0.25) is 0 Å². The Balaban J connectivity index is 1.58. The molecule has 3 N–H and O–H groups in total. The molecule has 0 bridgehead atoms. The summed E-state index contributed by atoms with van der Waals surface area (Å²) in [6.45, 7) is 5.15. The van der Waals surface area contributed by atoms with Crippen molar-refractivity contribution in [3.8, 4) is 34.3 Å². The number of aromatic nitrogens is 4. The fourth-order valence-corrected chi connectivity index (χ4v) is 4.53. The maximum atomic E-state index is 14.7. The van der Waals surface area contributed by atoms with E-state index in [0.717, 1.165) is 0 Å². The normalized spacial score (nSPS) is 12.7. The van der Waals surface area contributed by atoms with Crippen molar-refractivity contribution in [3.05, 3.63) is 60.0 Å². The van der Waals surface area contributed by atoms with Gasteiger partial charge < -0.3 is 15.5 Å². The van der Waals surface area contributed by atoms with Crippen LogP contribution in [0, 0.1) is 5.82 Å². The Hall–Kier alpha value is -3.77. The first-order chi connectivity index (χ1) is 17.6. The summed E-state index contributed by atoms with van der Waals surface area (Å²) >= 11 is 0. The minimum atomic E-state index is -3.41. The van der Waals surface area contributed by atoms with Crippen LogP contribution >= 0.6 is 0 Å². The molecule has 1 unspecified atom stereocenters. The lowest BCUT2D eigenvalue weighted by molar-refractivity contribution is 0.344. The van der Waals surface area contributed by atoms with Gasteiger partial charge in [0.25, 0.3) is 11.8 Å². The number of nitrogens with two attached hydrogens (primary N) is 1. The highest BCUT2D eigenvalue weighted by Crippen LogP contribution is 2.30. The molecule has 0 saturated heterocycles. The standard InChI is InChI=1S/C25H26F2N6O3S/c1-14(2)37(34,35)18-7-5-17(6-8-18)21-13-30-23(28)22(31-21)25-33-32-24(36-25)19-9-4-16(10-20(19)27)12-29-11-15(3)26/h4-10,13-15,29H,11-12H2,1-3H3,(H2,28,30). The highest BCUT2D eigenvalue weighted by molar-refractivity contribution is 7.92. The third-order valence-electron chi connectivity index (χ3n) is 5.55. The van der Waals surface area contributed by atoms with Crippen LogP contribution in [0.1, 0.15) is 26.3 Å². The number of alkyl halides is 1. The first-order valence-corrected chi connectivity index (χ1v) is 13.0. The molecule has 4 aromatic rings. The van der Waals surface area contributed by atoms with Gasteiger partial charge in [0.15, 0.2) is 21.3 Å². The Kier molecular flexibility index (Phi) is 7.60. The van der Waals surface area contributed by atoms with Crippen molar-refractivity contribution in [1.29, 1.82) is 0 Å². The summed E-state index contributed by atoms with van der Waals surface area (Å²) in [7, 11) is -3.41. The number of nitrogens with one attached hydrogen (secondary N) is 1. The van der Waals surface area contributed by atoms with Crippen molar-refractivity contribution in [2.45, 2.75) is 43.6 Å². The van der Waals surface area contributed by atoms with E-state index in [4.69, 9.17) is 10.2 Å². The van der Waals surface area contributed by atoms with Crippen LogP contribution in [0.5, 0.6) is 0 Å². The van der Waals surface area contributed by atoms with Crippen molar-refractivity contribution in [3.63, 3.8) is 0 Å². The average molecular weight is 529 g/mol. The van der Waals surface area contributed by atoms with Crippen LogP contribution in [-0.4, -0.2) is 46.5 Å². The lowest BCUT2D eigenvalue weighted by atomic mass is 10.1. The van der Waals surface area contributed by atoms with Gasteiger partial charge in [-0.1, -0.05) is 18.2 Å². The van der Waals surface area contributed by atoms with Crippen LogP contribution in [0.3, 0.4) is 0 Å². The zero-order chi connectivity index (χ0) is 26.7. The lowest BCUT2D eigenvalue weighted by Gasteiger charge is -2.09. The summed E-state index contributed by atoms with van der Waals surface area (Å²) in [6.07, 6.45) is 0.438. The van der Waals surface area contributed by atoms with E-state index in [0.29, 0.717) is 23.4 Å². The number of nitrogen functional groups attached to an aromatic ring is 1. The molecule has 0 aliphatic carbocycles. The van der Waals surface area contributed by atoms with Crippen LogP contribution in [0.15, 0.2) is 58.0 Å². The second-order valence-corrected chi connectivity index (χ2v) is 11.2. The van der Waals surface area contributed by atoms with E-state index in [1.54, 1.807) is 32.0 Å². The van der Waals surface area contributed by atoms with Crippen molar-refractivity contribution >= 4 is 15.7 Å². The fourth-order valence-electron chi connectivity index (χ4n) is 3.47. The number of nitrogens with zero attached hydrogens (tertiary/aromatic N) is 4. The maximum Gasteiger partial charge on any atom is 0.270 e. The Morgan fingerprint density at radius 1 is 1.05 bits per heavy atom. The van der Waals surface area contributed by atoms with Gasteiger partial charge in [0.2, 0.25) is 0 Å². The van der Waals surface area contributed by atoms with Gasteiger partial charge in [-0.15, -0.1) is 10.2 Å². The molecule has 2 heterocycles. The molecule has 194 valence electrons. The molecule has 1 atom stereocenters. The van der Waals surface area contributed by atoms with Crippen molar-refractivity contribution in [1.82, 2.24) is 25.5 Å². The van der Waals surface area contributed by atoms with Crippen LogP contribution in [-0.2, 0) is 16.4 Å². The Morgan fingerprint density at radius 2 is 1.76 bits per heavy atom. The zero-order valence-electron chi connectivity index (χ0n) is 20.4. The fraction of sp³-hybridized carbons (Fsp3) is 0.280. The summed E-state index contributed by atoms with van der Waals surface area (Å²) < 4.78 is 58.1. The number of benzene rings is 2. The highest BCUT2D eigenvalue weighted by Gasteiger charge is 2.21. The SMILES string of the molecule is CC(F)CNCc1ccc(-c2nnc(-c3nc(-c4ccc(S(=O)(=O)C(C)C)cc4)cnc3N)o2)c(F)c1. The topological polar surface area (TPSA) is 137 Å². The second-order valence-electron chi connectivity index (χ2n) is 8.75. The predicted molar refractivity (Wildman–Crippen MR) is 135 cm³/mol. The largest absolute Gasteiger partial charge is 0.414 e. The molecule has 2 aromatic heterocycles. The van der Waals surface area contributed by atoms with Gasteiger partial charge in [-0.25, -0.2) is 27.2 Å². The van der Waals surface area contributed by atoms with Crippen LogP contribution in [0.25, 0.3) is 34.3 Å². The third kappa shape index (κ3) is 5.81. The monoisotopic (exact) mass is 528 g/mol. The summed E-state index contributed by atoms with van der Waals surface area (Å²) in [6, 6.07) is 10.8. The van der Waals surface area contributed by atoms with Gasteiger partial charge in [0, 0.05) is 18.7 Å². The zero-order valence-corrected chi connectivity index (χ0v) is 21.3.